The standard InChI is InChI=1S/C27H29ClN6/c1-18-6-9-20(10-7-18)16-25-30-27-29-23-5-3-4-22(23)26(34(27)31-25)33-14-12-32(13-15-33)24-17-21(28)11-8-19(24)2/h6-11,17H,3-5,12-16H2,1-2H3. The minimum absolute atomic E-state index is 0.718. The fourth-order valence-electron chi connectivity index (χ4n) is 5.27. The van der Waals surface area contributed by atoms with Crippen LogP contribution in [-0.4, -0.2) is 45.8 Å². The van der Waals surface area contributed by atoms with E-state index in [0.29, 0.717) is 0 Å². The predicted molar refractivity (Wildman–Crippen MR) is 137 cm³/mol. The summed E-state index contributed by atoms with van der Waals surface area (Å²) in [6.07, 6.45) is 3.96. The van der Waals surface area contributed by atoms with Crippen molar-refractivity contribution in [3.63, 3.8) is 0 Å². The van der Waals surface area contributed by atoms with Gasteiger partial charge in [0.1, 0.15) is 5.82 Å². The highest BCUT2D eigenvalue weighted by Gasteiger charge is 2.28. The van der Waals surface area contributed by atoms with Gasteiger partial charge in [-0.05, 0) is 56.4 Å². The molecule has 0 amide bonds. The third kappa shape index (κ3) is 3.90. The van der Waals surface area contributed by atoms with Crippen molar-refractivity contribution in [2.24, 2.45) is 0 Å². The van der Waals surface area contributed by atoms with Gasteiger partial charge in [-0.25, -0.2) is 4.98 Å². The number of piperazine rings is 1. The maximum atomic E-state index is 6.30. The van der Waals surface area contributed by atoms with E-state index < -0.39 is 0 Å². The molecule has 34 heavy (non-hydrogen) atoms. The number of rotatable bonds is 4. The van der Waals surface area contributed by atoms with E-state index in [1.165, 1.54) is 39.5 Å². The van der Waals surface area contributed by atoms with Gasteiger partial charge in [-0.15, -0.1) is 5.10 Å². The highest BCUT2D eigenvalue weighted by Crippen LogP contribution is 2.33. The van der Waals surface area contributed by atoms with Crippen LogP contribution in [0.25, 0.3) is 5.78 Å². The lowest BCUT2D eigenvalue weighted by molar-refractivity contribution is 0.634. The quantitative estimate of drug-likeness (QED) is 0.427. The van der Waals surface area contributed by atoms with E-state index in [1.54, 1.807) is 0 Å². The average Bonchev–Trinajstić information content (AvgIpc) is 3.47. The Labute approximate surface area is 205 Å². The van der Waals surface area contributed by atoms with E-state index in [4.69, 9.17) is 26.7 Å². The fourth-order valence-corrected chi connectivity index (χ4v) is 5.44. The Kier molecular flexibility index (Phi) is 5.41. The van der Waals surface area contributed by atoms with Crippen LogP contribution in [-0.2, 0) is 19.3 Å². The molecule has 1 saturated heterocycles. The van der Waals surface area contributed by atoms with Gasteiger partial charge in [-0.1, -0.05) is 47.5 Å². The molecule has 6 nitrogen and oxygen atoms in total. The monoisotopic (exact) mass is 472 g/mol. The van der Waals surface area contributed by atoms with Gasteiger partial charge in [-0.3, -0.25) is 0 Å². The zero-order chi connectivity index (χ0) is 23.2. The van der Waals surface area contributed by atoms with Crippen molar-refractivity contribution in [3.05, 3.63) is 81.3 Å². The molecule has 1 fully saturated rings. The summed E-state index contributed by atoms with van der Waals surface area (Å²) < 4.78 is 2.01. The number of fused-ring (bicyclic) bond motifs is 2. The molecular weight excluding hydrogens is 444 g/mol. The SMILES string of the molecule is Cc1ccc(Cc2nc3nc4c(c(N5CCN(c6cc(Cl)ccc6C)CC5)n3n2)CCC4)cc1. The van der Waals surface area contributed by atoms with E-state index in [0.717, 1.165) is 68.5 Å². The van der Waals surface area contributed by atoms with Crippen molar-refractivity contribution >= 4 is 28.9 Å². The summed E-state index contributed by atoms with van der Waals surface area (Å²) >= 11 is 6.30. The van der Waals surface area contributed by atoms with Gasteiger partial charge in [0.05, 0.1) is 5.69 Å². The molecule has 4 aromatic rings. The molecule has 2 aromatic heterocycles. The molecule has 7 heteroatoms. The van der Waals surface area contributed by atoms with Crippen molar-refractivity contribution in [2.75, 3.05) is 36.0 Å². The minimum atomic E-state index is 0.718. The first-order valence-electron chi connectivity index (χ1n) is 12.1. The first kappa shape index (κ1) is 21.4. The zero-order valence-electron chi connectivity index (χ0n) is 19.8. The third-order valence-corrected chi connectivity index (χ3v) is 7.34. The van der Waals surface area contributed by atoms with Crippen molar-refractivity contribution in [3.8, 4) is 0 Å². The molecule has 0 spiro atoms. The Hall–Kier alpha value is -3.12. The summed E-state index contributed by atoms with van der Waals surface area (Å²) in [5.74, 6) is 2.75. The topological polar surface area (TPSA) is 49.6 Å². The lowest BCUT2D eigenvalue weighted by Crippen LogP contribution is -2.47. The highest BCUT2D eigenvalue weighted by molar-refractivity contribution is 6.30. The molecule has 0 N–H and O–H groups in total. The van der Waals surface area contributed by atoms with E-state index in [2.05, 4.69) is 60.0 Å². The number of halogens is 1. The molecular formula is C27H29ClN6. The van der Waals surface area contributed by atoms with E-state index >= 15 is 0 Å². The van der Waals surface area contributed by atoms with Gasteiger partial charge >= 0.3 is 0 Å². The van der Waals surface area contributed by atoms with Gasteiger partial charge in [0.25, 0.3) is 5.78 Å². The second kappa shape index (κ2) is 8.58. The lowest BCUT2D eigenvalue weighted by Gasteiger charge is -2.38. The van der Waals surface area contributed by atoms with Crippen LogP contribution in [0, 0.1) is 13.8 Å². The van der Waals surface area contributed by atoms with Gasteiger partial charge in [0, 0.05) is 48.9 Å². The first-order valence-corrected chi connectivity index (χ1v) is 12.5. The van der Waals surface area contributed by atoms with Crippen LogP contribution in [0.15, 0.2) is 42.5 Å². The maximum absolute atomic E-state index is 6.30. The molecule has 1 aliphatic carbocycles. The van der Waals surface area contributed by atoms with Crippen LogP contribution in [0.5, 0.6) is 0 Å². The molecule has 0 bridgehead atoms. The molecule has 0 radical (unpaired) electrons. The number of nitrogens with zero attached hydrogens (tertiary/aromatic N) is 6. The summed E-state index contributed by atoms with van der Waals surface area (Å²) in [6.45, 7) is 8.03. The Balaban J connectivity index is 1.31. The van der Waals surface area contributed by atoms with Gasteiger partial charge < -0.3 is 9.80 Å². The molecule has 1 aliphatic heterocycles. The summed E-state index contributed by atoms with van der Waals surface area (Å²) in [6, 6.07) is 14.8. The zero-order valence-corrected chi connectivity index (χ0v) is 20.5. The average molecular weight is 473 g/mol. The molecule has 174 valence electrons. The second-order valence-electron chi connectivity index (χ2n) is 9.52. The van der Waals surface area contributed by atoms with E-state index in [1.807, 2.05) is 10.6 Å². The number of benzene rings is 2. The molecule has 2 aliphatic rings. The van der Waals surface area contributed by atoms with Crippen LogP contribution in [0.4, 0.5) is 11.5 Å². The molecule has 0 unspecified atom stereocenters. The summed E-state index contributed by atoms with van der Waals surface area (Å²) in [5.41, 5.74) is 7.54. The molecule has 6 rings (SSSR count). The normalized spacial score (nSPS) is 15.9. The van der Waals surface area contributed by atoms with Crippen LogP contribution >= 0.6 is 11.6 Å². The summed E-state index contributed by atoms with van der Waals surface area (Å²) in [7, 11) is 0. The number of anilines is 2. The van der Waals surface area contributed by atoms with Gasteiger partial charge in [0.15, 0.2) is 5.82 Å². The Bertz CT molecular complexity index is 1350. The maximum Gasteiger partial charge on any atom is 0.254 e. The second-order valence-corrected chi connectivity index (χ2v) is 9.96. The van der Waals surface area contributed by atoms with Crippen LogP contribution < -0.4 is 9.80 Å². The third-order valence-electron chi connectivity index (χ3n) is 7.10. The van der Waals surface area contributed by atoms with Crippen LogP contribution in [0.3, 0.4) is 0 Å². The Morgan fingerprint density at radius 1 is 0.882 bits per heavy atom. The van der Waals surface area contributed by atoms with E-state index in [-0.39, 0.29) is 0 Å². The Morgan fingerprint density at radius 2 is 1.65 bits per heavy atom. The van der Waals surface area contributed by atoms with Crippen molar-refractivity contribution in [1.29, 1.82) is 0 Å². The largest absolute Gasteiger partial charge is 0.368 e. The molecule has 0 saturated carbocycles. The Morgan fingerprint density at radius 3 is 2.44 bits per heavy atom. The molecule has 2 aromatic carbocycles. The van der Waals surface area contributed by atoms with Gasteiger partial charge in [-0.2, -0.15) is 9.50 Å². The number of hydrogen-bond donors (Lipinski definition) is 0. The number of aryl methyl sites for hydroxylation is 3. The number of aromatic nitrogens is 4. The van der Waals surface area contributed by atoms with Crippen LogP contribution in [0.2, 0.25) is 5.02 Å². The smallest absolute Gasteiger partial charge is 0.254 e. The summed E-state index contributed by atoms with van der Waals surface area (Å²) in [5, 5.41) is 5.75. The lowest BCUT2D eigenvalue weighted by atomic mass is 10.1. The molecule has 3 heterocycles. The van der Waals surface area contributed by atoms with E-state index in [9.17, 15) is 0 Å². The summed E-state index contributed by atoms with van der Waals surface area (Å²) in [4.78, 5) is 14.7. The number of hydrogen-bond acceptors (Lipinski definition) is 5. The van der Waals surface area contributed by atoms with Crippen molar-refractivity contribution in [1.82, 2.24) is 19.6 Å². The minimum Gasteiger partial charge on any atom is -0.368 e. The van der Waals surface area contributed by atoms with Crippen molar-refractivity contribution < 1.29 is 0 Å². The van der Waals surface area contributed by atoms with Crippen LogP contribution in [0.1, 0.15) is 40.2 Å². The molecule has 0 atom stereocenters. The van der Waals surface area contributed by atoms with Gasteiger partial charge in [0.2, 0.25) is 0 Å². The first-order chi connectivity index (χ1) is 16.5. The fraction of sp³-hybridized carbons (Fsp3) is 0.370. The highest BCUT2D eigenvalue weighted by atomic mass is 35.5. The predicted octanol–water partition coefficient (Wildman–Crippen LogP) is 4.80. The van der Waals surface area contributed by atoms with Crippen molar-refractivity contribution in [2.45, 2.75) is 39.5 Å².